The highest BCUT2D eigenvalue weighted by Gasteiger charge is 2.39. The first kappa shape index (κ1) is 23.1. The number of hydrogen-bond acceptors (Lipinski definition) is 4. The van der Waals surface area contributed by atoms with Crippen LogP contribution in [-0.4, -0.2) is 23.2 Å². The largest absolute Gasteiger partial charge is 0.260 e. The van der Waals surface area contributed by atoms with E-state index >= 15 is 0 Å². The Balaban J connectivity index is 1.84. The molecular weight excluding hydrogens is 495 g/mol. The van der Waals surface area contributed by atoms with Gasteiger partial charge in [0, 0.05) is 27.5 Å². The lowest BCUT2D eigenvalue weighted by Crippen LogP contribution is -2.31. The molecule has 4 rings (SSSR count). The fraction of sp³-hybridized carbons (Fsp3) is 0.391. The van der Waals surface area contributed by atoms with E-state index in [0.717, 1.165) is 24.1 Å². The Labute approximate surface area is 196 Å². The third kappa shape index (κ3) is 4.65. The zero-order valence-corrected chi connectivity index (χ0v) is 20.8. The molecular formula is C23H26BrFN4O2S. The smallest absolute Gasteiger partial charge is 0.242 e. The van der Waals surface area contributed by atoms with Crippen molar-refractivity contribution in [3.63, 3.8) is 0 Å². The fourth-order valence-electron chi connectivity index (χ4n) is 3.74. The summed E-state index contributed by atoms with van der Waals surface area (Å²) in [6.07, 6.45) is 4.88. The number of sulfonamides is 1. The molecule has 2 heterocycles. The summed E-state index contributed by atoms with van der Waals surface area (Å²) in [7, 11) is -3.81. The maximum atomic E-state index is 14.2. The Kier molecular flexibility index (Phi) is 6.02. The lowest BCUT2D eigenvalue weighted by atomic mass is 9.98. The van der Waals surface area contributed by atoms with Crippen LogP contribution in [0.4, 0.5) is 4.39 Å². The number of nitrogens with zero attached hydrogens (tertiary/aromatic N) is 3. The van der Waals surface area contributed by atoms with E-state index in [2.05, 4.69) is 30.7 Å². The van der Waals surface area contributed by atoms with Gasteiger partial charge in [0.1, 0.15) is 10.7 Å². The topological polar surface area (TPSA) is 76.9 Å². The average molecular weight is 521 g/mol. The summed E-state index contributed by atoms with van der Waals surface area (Å²) >= 11 is 3.54. The quantitative estimate of drug-likeness (QED) is 0.475. The molecule has 0 saturated heterocycles. The minimum Gasteiger partial charge on any atom is -0.260 e. The zero-order chi connectivity index (χ0) is 23.3. The van der Waals surface area contributed by atoms with Gasteiger partial charge in [-0.05, 0) is 76.8 Å². The molecule has 1 unspecified atom stereocenters. The second kappa shape index (κ2) is 8.35. The van der Waals surface area contributed by atoms with E-state index in [9.17, 15) is 12.8 Å². The first-order chi connectivity index (χ1) is 15.0. The number of nitrogens with one attached hydrogen (secondary N) is 1. The fourth-order valence-corrected chi connectivity index (χ4v) is 5.40. The first-order valence-corrected chi connectivity index (χ1v) is 12.7. The molecule has 3 aromatic rings. The van der Waals surface area contributed by atoms with E-state index in [4.69, 9.17) is 0 Å². The molecule has 1 aliphatic rings. The third-order valence-electron chi connectivity index (χ3n) is 5.52. The highest BCUT2D eigenvalue weighted by molar-refractivity contribution is 9.10. The molecule has 1 saturated carbocycles. The summed E-state index contributed by atoms with van der Waals surface area (Å²) in [4.78, 5) is 4.24. The van der Waals surface area contributed by atoms with Gasteiger partial charge in [-0.25, -0.2) is 17.5 Å². The standard InChI is InChI=1S/C23H26BrFN4O2S/c1-14-5-9-17(12-26-14)32(30,31)28-21(15-6-7-15)19-13-27-29(23(2,3)4)22(19)18-11-16(25)8-10-20(18)24/h5,8-13,15,21,28H,6-7H2,1-4H3. The Bertz CT molecular complexity index is 1250. The van der Waals surface area contributed by atoms with Crippen molar-refractivity contribution in [2.24, 2.45) is 5.92 Å². The first-order valence-electron chi connectivity index (χ1n) is 10.5. The van der Waals surface area contributed by atoms with Crippen molar-refractivity contribution in [1.82, 2.24) is 19.5 Å². The molecule has 1 N–H and O–H groups in total. The van der Waals surface area contributed by atoms with Crippen LogP contribution in [0.3, 0.4) is 0 Å². The molecule has 32 heavy (non-hydrogen) atoms. The van der Waals surface area contributed by atoms with Crippen molar-refractivity contribution >= 4 is 26.0 Å². The number of benzene rings is 1. The average Bonchev–Trinajstić information content (AvgIpc) is 3.45. The van der Waals surface area contributed by atoms with Crippen molar-refractivity contribution < 1.29 is 12.8 Å². The molecule has 6 nitrogen and oxygen atoms in total. The number of hydrogen-bond donors (Lipinski definition) is 1. The highest BCUT2D eigenvalue weighted by atomic mass is 79.9. The van der Waals surface area contributed by atoms with Crippen LogP contribution in [0.5, 0.6) is 0 Å². The molecule has 1 aliphatic carbocycles. The summed E-state index contributed by atoms with van der Waals surface area (Å²) < 4.78 is 46.0. The van der Waals surface area contributed by atoms with Gasteiger partial charge in [0.05, 0.1) is 23.5 Å². The van der Waals surface area contributed by atoms with E-state index in [0.29, 0.717) is 15.7 Å². The summed E-state index contributed by atoms with van der Waals surface area (Å²) in [6, 6.07) is 7.24. The van der Waals surface area contributed by atoms with Crippen molar-refractivity contribution in [3.8, 4) is 11.3 Å². The van der Waals surface area contributed by atoms with Gasteiger partial charge in [0.2, 0.25) is 10.0 Å². The number of aryl methyl sites for hydroxylation is 1. The molecule has 0 aliphatic heterocycles. The number of pyridine rings is 1. The Morgan fingerprint density at radius 2 is 1.91 bits per heavy atom. The van der Waals surface area contributed by atoms with Crippen LogP contribution in [0.1, 0.15) is 50.9 Å². The molecule has 0 radical (unpaired) electrons. The minimum absolute atomic E-state index is 0.116. The highest BCUT2D eigenvalue weighted by Crippen LogP contribution is 2.46. The molecule has 170 valence electrons. The van der Waals surface area contributed by atoms with Crippen LogP contribution in [0, 0.1) is 18.7 Å². The maximum Gasteiger partial charge on any atom is 0.242 e. The second-order valence-electron chi connectivity index (χ2n) is 9.23. The monoisotopic (exact) mass is 520 g/mol. The maximum absolute atomic E-state index is 14.2. The zero-order valence-electron chi connectivity index (χ0n) is 18.4. The van der Waals surface area contributed by atoms with Crippen LogP contribution in [0.25, 0.3) is 11.3 Å². The van der Waals surface area contributed by atoms with E-state index in [-0.39, 0.29) is 16.6 Å². The molecule has 0 bridgehead atoms. The van der Waals surface area contributed by atoms with Crippen LogP contribution in [0.15, 0.2) is 52.1 Å². The Hall–Kier alpha value is -2.10. The van der Waals surface area contributed by atoms with Gasteiger partial charge >= 0.3 is 0 Å². The number of halogens is 2. The van der Waals surface area contributed by atoms with Gasteiger partial charge in [-0.3, -0.25) is 9.67 Å². The summed E-state index contributed by atoms with van der Waals surface area (Å²) in [6.45, 7) is 7.83. The van der Waals surface area contributed by atoms with Gasteiger partial charge in [-0.1, -0.05) is 15.9 Å². The van der Waals surface area contributed by atoms with Crippen molar-refractivity contribution in [2.75, 3.05) is 0 Å². The van der Waals surface area contributed by atoms with Crippen LogP contribution >= 0.6 is 15.9 Å². The van der Waals surface area contributed by atoms with Crippen LogP contribution in [-0.2, 0) is 15.6 Å². The lowest BCUT2D eigenvalue weighted by molar-refractivity contribution is 0.359. The predicted molar refractivity (Wildman–Crippen MR) is 125 cm³/mol. The van der Waals surface area contributed by atoms with E-state index in [1.165, 1.54) is 18.3 Å². The van der Waals surface area contributed by atoms with Gasteiger partial charge in [0.15, 0.2) is 0 Å². The van der Waals surface area contributed by atoms with E-state index in [1.54, 1.807) is 31.3 Å². The lowest BCUT2D eigenvalue weighted by Gasteiger charge is -2.25. The number of aromatic nitrogens is 3. The van der Waals surface area contributed by atoms with Crippen LogP contribution < -0.4 is 4.72 Å². The molecule has 9 heteroatoms. The SMILES string of the molecule is Cc1ccc(S(=O)(=O)NC(c2cnn(C(C)(C)C)c2-c2cc(F)ccc2Br)C2CC2)cn1. The van der Waals surface area contributed by atoms with E-state index in [1.807, 2.05) is 25.5 Å². The Morgan fingerprint density at radius 1 is 1.19 bits per heavy atom. The summed E-state index contributed by atoms with van der Waals surface area (Å²) in [5, 5.41) is 4.61. The van der Waals surface area contributed by atoms with Crippen LogP contribution in [0.2, 0.25) is 0 Å². The summed E-state index contributed by atoms with van der Waals surface area (Å²) in [5.41, 5.74) is 2.41. The Morgan fingerprint density at radius 3 is 2.50 bits per heavy atom. The van der Waals surface area contributed by atoms with Crippen molar-refractivity contribution in [3.05, 3.63) is 64.3 Å². The van der Waals surface area contributed by atoms with Crippen molar-refractivity contribution in [2.45, 2.75) is 57.0 Å². The van der Waals surface area contributed by atoms with Gasteiger partial charge in [0.25, 0.3) is 0 Å². The molecule has 0 amide bonds. The third-order valence-corrected chi connectivity index (χ3v) is 7.64. The van der Waals surface area contributed by atoms with Crippen molar-refractivity contribution in [1.29, 1.82) is 0 Å². The predicted octanol–water partition coefficient (Wildman–Crippen LogP) is 5.34. The second-order valence-corrected chi connectivity index (χ2v) is 11.8. The number of rotatable bonds is 6. The van der Waals surface area contributed by atoms with Gasteiger partial charge in [-0.2, -0.15) is 5.10 Å². The molecule has 2 aromatic heterocycles. The molecule has 1 fully saturated rings. The minimum atomic E-state index is -3.81. The summed E-state index contributed by atoms with van der Waals surface area (Å²) in [5.74, 6) is -0.225. The molecule has 0 spiro atoms. The van der Waals surface area contributed by atoms with E-state index < -0.39 is 21.6 Å². The molecule has 1 aromatic carbocycles. The normalized spacial score (nSPS) is 15.7. The van der Waals surface area contributed by atoms with Gasteiger partial charge < -0.3 is 0 Å². The van der Waals surface area contributed by atoms with Gasteiger partial charge in [-0.15, -0.1) is 0 Å². The molecule has 1 atom stereocenters.